The van der Waals surface area contributed by atoms with Gasteiger partial charge < -0.3 is 10.5 Å². The van der Waals surface area contributed by atoms with Gasteiger partial charge in [0.1, 0.15) is 0 Å². The fourth-order valence-electron chi connectivity index (χ4n) is 1.83. The number of esters is 1. The zero-order chi connectivity index (χ0) is 13.5. The molecule has 1 aromatic carbocycles. The van der Waals surface area contributed by atoms with Crippen LogP contribution in [0, 0.1) is 5.92 Å². The first kappa shape index (κ1) is 14.2. The fraction of sp³-hybridized carbons (Fsp3) is 0.429. The van der Waals surface area contributed by atoms with E-state index in [1.807, 2.05) is 44.2 Å². The molecule has 4 nitrogen and oxygen atoms in total. The first-order valence-electron chi connectivity index (χ1n) is 6.06. The second kappa shape index (κ2) is 6.79. The van der Waals surface area contributed by atoms with Gasteiger partial charge in [0.2, 0.25) is 0 Å². The SMILES string of the molecule is CC[C@H](C)[C@H](C(=O)OCC(N)=O)c1ccccc1. The van der Waals surface area contributed by atoms with Crippen LogP contribution in [0.15, 0.2) is 30.3 Å². The van der Waals surface area contributed by atoms with Crippen molar-refractivity contribution in [1.29, 1.82) is 0 Å². The summed E-state index contributed by atoms with van der Waals surface area (Å²) in [7, 11) is 0. The third kappa shape index (κ3) is 3.87. The molecule has 18 heavy (non-hydrogen) atoms. The van der Waals surface area contributed by atoms with Gasteiger partial charge in [0.25, 0.3) is 5.91 Å². The van der Waals surface area contributed by atoms with Crippen molar-refractivity contribution in [3.05, 3.63) is 35.9 Å². The first-order chi connectivity index (χ1) is 8.56. The molecule has 2 atom stereocenters. The lowest BCUT2D eigenvalue weighted by Crippen LogP contribution is -2.27. The maximum Gasteiger partial charge on any atom is 0.314 e. The lowest BCUT2D eigenvalue weighted by molar-refractivity contribution is -0.150. The number of amides is 1. The Balaban J connectivity index is 2.85. The van der Waals surface area contributed by atoms with Crippen LogP contribution in [-0.4, -0.2) is 18.5 Å². The van der Waals surface area contributed by atoms with Gasteiger partial charge in [0, 0.05) is 0 Å². The molecule has 0 spiro atoms. The number of ether oxygens (including phenoxy) is 1. The predicted molar refractivity (Wildman–Crippen MR) is 68.8 cm³/mol. The zero-order valence-electron chi connectivity index (χ0n) is 10.8. The molecule has 0 aromatic heterocycles. The van der Waals surface area contributed by atoms with Crippen LogP contribution in [0.1, 0.15) is 31.7 Å². The Morgan fingerprint density at radius 1 is 1.28 bits per heavy atom. The molecule has 2 N–H and O–H groups in total. The number of carbonyl (C=O) groups is 2. The maximum absolute atomic E-state index is 12.0. The van der Waals surface area contributed by atoms with Gasteiger partial charge >= 0.3 is 5.97 Å². The molecule has 98 valence electrons. The van der Waals surface area contributed by atoms with Crippen LogP contribution in [-0.2, 0) is 14.3 Å². The minimum absolute atomic E-state index is 0.146. The molecule has 0 saturated carbocycles. The van der Waals surface area contributed by atoms with E-state index in [9.17, 15) is 9.59 Å². The van der Waals surface area contributed by atoms with E-state index in [4.69, 9.17) is 10.5 Å². The Hall–Kier alpha value is -1.84. The van der Waals surface area contributed by atoms with Crippen molar-refractivity contribution in [2.24, 2.45) is 11.7 Å². The second-order valence-electron chi connectivity index (χ2n) is 4.35. The van der Waals surface area contributed by atoms with E-state index < -0.39 is 11.9 Å². The molecule has 1 aromatic rings. The quantitative estimate of drug-likeness (QED) is 0.782. The zero-order valence-corrected chi connectivity index (χ0v) is 10.8. The van der Waals surface area contributed by atoms with Crippen molar-refractivity contribution in [1.82, 2.24) is 0 Å². The summed E-state index contributed by atoms with van der Waals surface area (Å²) in [6, 6.07) is 9.44. The summed E-state index contributed by atoms with van der Waals surface area (Å²) in [5.41, 5.74) is 5.88. The first-order valence-corrected chi connectivity index (χ1v) is 6.06. The average Bonchev–Trinajstić information content (AvgIpc) is 2.37. The minimum Gasteiger partial charge on any atom is -0.455 e. The summed E-state index contributed by atoms with van der Waals surface area (Å²) >= 11 is 0. The second-order valence-corrected chi connectivity index (χ2v) is 4.35. The normalized spacial score (nSPS) is 13.7. The van der Waals surface area contributed by atoms with E-state index in [-0.39, 0.29) is 18.4 Å². The Labute approximate surface area is 107 Å². The highest BCUT2D eigenvalue weighted by Crippen LogP contribution is 2.28. The molecule has 0 saturated heterocycles. The molecule has 4 heteroatoms. The van der Waals surface area contributed by atoms with Gasteiger partial charge in [0.15, 0.2) is 6.61 Å². The number of hydrogen-bond donors (Lipinski definition) is 1. The monoisotopic (exact) mass is 249 g/mol. The molecule has 1 rings (SSSR count). The summed E-state index contributed by atoms with van der Waals surface area (Å²) < 4.78 is 4.93. The Bertz CT molecular complexity index is 403. The molecular weight excluding hydrogens is 230 g/mol. The molecule has 0 unspecified atom stereocenters. The molecule has 0 heterocycles. The summed E-state index contributed by atoms with van der Waals surface area (Å²) in [6.45, 7) is 3.64. The number of carbonyl (C=O) groups excluding carboxylic acids is 2. The highest BCUT2D eigenvalue weighted by atomic mass is 16.5. The predicted octanol–water partition coefficient (Wildman–Crippen LogP) is 1.84. The highest BCUT2D eigenvalue weighted by molar-refractivity contribution is 5.82. The molecule has 0 aliphatic heterocycles. The Morgan fingerprint density at radius 3 is 2.39 bits per heavy atom. The Morgan fingerprint density at radius 2 is 1.89 bits per heavy atom. The van der Waals surface area contributed by atoms with Crippen LogP contribution >= 0.6 is 0 Å². The van der Waals surface area contributed by atoms with Crippen LogP contribution in [0.3, 0.4) is 0 Å². The lowest BCUT2D eigenvalue weighted by atomic mass is 9.86. The molecule has 0 bridgehead atoms. The largest absolute Gasteiger partial charge is 0.455 e. The standard InChI is InChI=1S/C14H19NO3/c1-3-10(2)13(11-7-5-4-6-8-11)14(17)18-9-12(15)16/h4-8,10,13H,3,9H2,1-2H3,(H2,15,16)/t10-,13-/m0/s1. The van der Waals surface area contributed by atoms with Crippen molar-refractivity contribution in [3.63, 3.8) is 0 Å². The van der Waals surface area contributed by atoms with Crippen molar-refractivity contribution in [2.45, 2.75) is 26.2 Å². The van der Waals surface area contributed by atoms with Gasteiger partial charge in [-0.15, -0.1) is 0 Å². The minimum atomic E-state index is -0.640. The van der Waals surface area contributed by atoms with Crippen molar-refractivity contribution in [2.75, 3.05) is 6.61 Å². The average molecular weight is 249 g/mol. The van der Waals surface area contributed by atoms with Gasteiger partial charge in [-0.3, -0.25) is 9.59 Å². The molecule has 0 aliphatic carbocycles. The van der Waals surface area contributed by atoms with Crippen molar-refractivity contribution < 1.29 is 14.3 Å². The lowest BCUT2D eigenvalue weighted by Gasteiger charge is -2.21. The van der Waals surface area contributed by atoms with Crippen LogP contribution in [0.2, 0.25) is 0 Å². The van der Waals surface area contributed by atoms with Gasteiger partial charge in [-0.25, -0.2) is 0 Å². The Kier molecular flexibility index (Phi) is 5.36. The van der Waals surface area contributed by atoms with Gasteiger partial charge in [-0.1, -0.05) is 50.6 Å². The van der Waals surface area contributed by atoms with E-state index >= 15 is 0 Å². The highest BCUT2D eigenvalue weighted by Gasteiger charge is 2.27. The summed E-state index contributed by atoms with van der Waals surface area (Å²) in [5.74, 6) is -1.24. The number of hydrogen-bond acceptors (Lipinski definition) is 3. The van der Waals surface area contributed by atoms with Crippen LogP contribution in [0.5, 0.6) is 0 Å². The van der Waals surface area contributed by atoms with E-state index in [0.29, 0.717) is 0 Å². The summed E-state index contributed by atoms with van der Waals surface area (Å²) in [6.07, 6.45) is 0.852. The van der Waals surface area contributed by atoms with E-state index in [0.717, 1.165) is 12.0 Å². The smallest absolute Gasteiger partial charge is 0.314 e. The summed E-state index contributed by atoms with van der Waals surface area (Å²) in [5, 5.41) is 0. The van der Waals surface area contributed by atoms with E-state index in [1.165, 1.54) is 0 Å². The van der Waals surface area contributed by atoms with Crippen molar-refractivity contribution >= 4 is 11.9 Å². The molecule has 1 amide bonds. The molecular formula is C14H19NO3. The topological polar surface area (TPSA) is 69.4 Å². The molecule has 0 aliphatic rings. The number of primary amides is 1. The van der Waals surface area contributed by atoms with E-state index in [1.54, 1.807) is 0 Å². The molecule has 0 radical (unpaired) electrons. The number of nitrogens with two attached hydrogens (primary N) is 1. The van der Waals surface area contributed by atoms with Crippen LogP contribution in [0.25, 0.3) is 0 Å². The van der Waals surface area contributed by atoms with Gasteiger partial charge in [-0.05, 0) is 11.5 Å². The third-order valence-corrected chi connectivity index (χ3v) is 2.98. The van der Waals surface area contributed by atoms with Gasteiger partial charge in [-0.2, -0.15) is 0 Å². The van der Waals surface area contributed by atoms with Crippen molar-refractivity contribution in [3.8, 4) is 0 Å². The van der Waals surface area contributed by atoms with Crippen LogP contribution < -0.4 is 5.73 Å². The van der Waals surface area contributed by atoms with Crippen LogP contribution in [0.4, 0.5) is 0 Å². The summed E-state index contributed by atoms with van der Waals surface area (Å²) in [4.78, 5) is 22.7. The fourth-order valence-corrected chi connectivity index (χ4v) is 1.83. The third-order valence-electron chi connectivity index (χ3n) is 2.98. The van der Waals surface area contributed by atoms with E-state index in [2.05, 4.69) is 0 Å². The maximum atomic E-state index is 12.0. The molecule has 0 fully saturated rings. The number of benzene rings is 1. The number of rotatable bonds is 6. The van der Waals surface area contributed by atoms with Gasteiger partial charge in [0.05, 0.1) is 5.92 Å².